The maximum absolute atomic E-state index is 13.1. The average molecular weight is 350 g/mol. The molecule has 0 unspecified atom stereocenters. The van der Waals surface area contributed by atoms with Crippen LogP contribution in [0.4, 0.5) is 0 Å². The van der Waals surface area contributed by atoms with Crippen LogP contribution in [0, 0.1) is 0 Å². The molecule has 1 saturated heterocycles. The van der Waals surface area contributed by atoms with Gasteiger partial charge in [0.1, 0.15) is 5.82 Å². The first kappa shape index (κ1) is 16.9. The van der Waals surface area contributed by atoms with Gasteiger partial charge in [-0.1, -0.05) is 12.1 Å². The fourth-order valence-corrected chi connectivity index (χ4v) is 3.37. The van der Waals surface area contributed by atoms with Crippen molar-refractivity contribution in [3.63, 3.8) is 0 Å². The molecule has 1 aliphatic heterocycles. The Morgan fingerprint density at radius 2 is 1.77 bits per heavy atom. The Morgan fingerprint density at radius 3 is 2.58 bits per heavy atom. The smallest absolute Gasteiger partial charge is 0.261 e. The van der Waals surface area contributed by atoms with Crippen molar-refractivity contribution in [3.8, 4) is 11.4 Å². The number of nitrogens with zero attached hydrogens (tertiary/aromatic N) is 4. The number of aromatic nitrogens is 3. The second-order valence-corrected chi connectivity index (χ2v) is 6.45. The number of hydrogen-bond acceptors (Lipinski definition) is 5. The summed E-state index contributed by atoms with van der Waals surface area (Å²) in [6, 6.07) is 11.3. The van der Waals surface area contributed by atoms with Crippen LogP contribution in [0.3, 0.4) is 0 Å². The SMILES string of the molecule is O=c1c2ccccc2nc(-c2ccncc2)n1CCCN1CCOCC1. The standard InChI is InChI=1S/C20H22N4O2/c25-20-17-4-1-2-5-18(17)22-19(16-6-8-21-9-7-16)24(20)11-3-10-23-12-14-26-15-13-23/h1-2,4-9H,3,10-15H2. The van der Waals surface area contributed by atoms with Gasteiger partial charge in [-0.15, -0.1) is 0 Å². The van der Waals surface area contributed by atoms with E-state index >= 15 is 0 Å². The third-order valence-corrected chi connectivity index (χ3v) is 4.76. The summed E-state index contributed by atoms with van der Waals surface area (Å²) in [7, 11) is 0. The minimum atomic E-state index is 0.0180. The minimum Gasteiger partial charge on any atom is -0.379 e. The van der Waals surface area contributed by atoms with Gasteiger partial charge in [-0.05, 0) is 30.7 Å². The highest BCUT2D eigenvalue weighted by molar-refractivity contribution is 5.79. The van der Waals surface area contributed by atoms with E-state index in [1.165, 1.54) is 0 Å². The maximum Gasteiger partial charge on any atom is 0.261 e. The zero-order chi connectivity index (χ0) is 17.8. The fraction of sp³-hybridized carbons (Fsp3) is 0.350. The minimum absolute atomic E-state index is 0.0180. The van der Waals surface area contributed by atoms with Gasteiger partial charge in [0.25, 0.3) is 5.56 Å². The Bertz CT molecular complexity index is 933. The van der Waals surface area contributed by atoms with Crippen LogP contribution in [0.25, 0.3) is 22.3 Å². The van der Waals surface area contributed by atoms with E-state index in [1.54, 1.807) is 17.0 Å². The first-order valence-electron chi connectivity index (χ1n) is 9.03. The lowest BCUT2D eigenvalue weighted by atomic mass is 10.2. The lowest BCUT2D eigenvalue weighted by molar-refractivity contribution is 0.0369. The molecule has 0 bridgehead atoms. The third-order valence-electron chi connectivity index (χ3n) is 4.76. The number of benzene rings is 1. The van der Waals surface area contributed by atoms with Gasteiger partial charge in [0.05, 0.1) is 24.1 Å². The number of morpholine rings is 1. The van der Waals surface area contributed by atoms with Crippen LogP contribution in [-0.4, -0.2) is 52.3 Å². The summed E-state index contributed by atoms with van der Waals surface area (Å²) in [5.41, 5.74) is 1.66. The van der Waals surface area contributed by atoms with Crippen LogP contribution >= 0.6 is 0 Å². The monoisotopic (exact) mass is 350 g/mol. The highest BCUT2D eigenvalue weighted by atomic mass is 16.5. The van der Waals surface area contributed by atoms with Gasteiger partial charge in [0, 0.05) is 44.1 Å². The molecule has 0 spiro atoms. The predicted molar refractivity (Wildman–Crippen MR) is 101 cm³/mol. The summed E-state index contributed by atoms with van der Waals surface area (Å²) < 4.78 is 7.20. The van der Waals surface area contributed by atoms with Crippen LogP contribution in [0.15, 0.2) is 53.6 Å². The molecule has 0 atom stereocenters. The molecule has 0 saturated carbocycles. The largest absolute Gasteiger partial charge is 0.379 e. The molecule has 0 amide bonds. The van der Waals surface area contributed by atoms with Crippen molar-refractivity contribution in [1.82, 2.24) is 19.4 Å². The third kappa shape index (κ3) is 3.52. The van der Waals surface area contributed by atoms with Crippen molar-refractivity contribution in [2.45, 2.75) is 13.0 Å². The van der Waals surface area contributed by atoms with E-state index in [0.717, 1.165) is 50.3 Å². The van der Waals surface area contributed by atoms with E-state index in [-0.39, 0.29) is 5.56 Å². The van der Waals surface area contributed by atoms with Crippen molar-refractivity contribution < 1.29 is 4.74 Å². The summed E-state index contributed by atoms with van der Waals surface area (Å²) in [5.74, 6) is 0.707. The lowest BCUT2D eigenvalue weighted by Crippen LogP contribution is -2.37. The average Bonchev–Trinajstić information content (AvgIpc) is 2.71. The first-order chi connectivity index (χ1) is 12.8. The van der Waals surface area contributed by atoms with Crippen molar-refractivity contribution in [1.29, 1.82) is 0 Å². The Kier molecular flexibility index (Phi) is 5.04. The summed E-state index contributed by atoms with van der Waals surface area (Å²) >= 11 is 0. The van der Waals surface area contributed by atoms with Gasteiger partial charge in [-0.25, -0.2) is 4.98 Å². The molecule has 3 heterocycles. The highest BCUT2D eigenvalue weighted by Crippen LogP contribution is 2.18. The summed E-state index contributed by atoms with van der Waals surface area (Å²) in [6.45, 7) is 5.10. The number of rotatable bonds is 5. The summed E-state index contributed by atoms with van der Waals surface area (Å²) in [6.07, 6.45) is 4.36. The van der Waals surface area contributed by atoms with E-state index in [4.69, 9.17) is 9.72 Å². The van der Waals surface area contributed by atoms with Crippen LogP contribution in [-0.2, 0) is 11.3 Å². The molecule has 0 radical (unpaired) electrons. The van der Waals surface area contributed by atoms with Crippen molar-refractivity contribution in [2.24, 2.45) is 0 Å². The molecule has 1 fully saturated rings. The van der Waals surface area contributed by atoms with Crippen molar-refractivity contribution in [2.75, 3.05) is 32.8 Å². The molecule has 6 nitrogen and oxygen atoms in total. The number of fused-ring (bicyclic) bond motifs is 1. The van der Waals surface area contributed by atoms with E-state index in [1.807, 2.05) is 36.4 Å². The Morgan fingerprint density at radius 1 is 1.00 bits per heavy atom. The predicted octanol–water partition coefficient (Wildman–Crippen LogP) is 2.18. The Labute approximate surface area is 152 Å². The maximum atomic E-state index is 13.1. The second-order valence-electron chi connectivity index (χ2n) is 6.45. The Hall–Kier alpha value is -2.57. The number of pyridine rings is 1. The number of para-hydroxylation sites is 1. The van der Waals surface area contributed by atoms with E-state index in [0.29, 0.717) is 17.8 Å². The van der Waals surface area contributed by atoms with Gasteiger partial charge in [-0.2, -0.15) is 0 Å². The van der Waals surface area contributed by atoms with E-state index in [2.05, 4.69) is 9.88 Å². The molecule has 3 aromatic rings. The van der Waals surface area contributed by atoms with Crippen LogP contribution < -0.4 is 5.56 Å². The topological polar surface area (TPSA) is 60.2 Å². The fourth-order valence-electron chi connectivity index (χ4n) is 3.37. The van der Waals surface area contributed by atoms with E-state index < -0.39 is 0 Å². The van der Waals surface area contributed by atoms with Gasteiger partial charge >= 0.3 is 0 Å². The molecular formula is C20H22N4O2. The number of ether oxygens (including phenoxy) is 1. The molecule has 26 heavy (non-hydrogen) atoms. The van der Waals surface area contributed by atoms with Gasteiger partial charge in [0.2, 0.25) is 0 Å². The van der Waals surface area contributed by atoms with E-state index in [9.17, 15) is 4.79 Å². The van der Waals surface area contributed by atoms with Gasteiger partial charge in [-0.3, -0.25) is 19.2 Å². The van der Waals surface area contributed by atoms with Gasteiger partial charge < -0.3 is 4.74 Å². The van der Waals surface area contributed by atoms with Crippen LogP contribution in [0.5, 0.6) is 0 Å². The summed E-state index contributed by atoms with van der Waals surface area (Å²) in [5, 5.41) is 0.664. The molecule has 0 aliphatic carbocycles. The van der Waals surface area contributed by atoms with Crippen LogP contribution in [0.2, 0.25) is 0 Å². The molecule has 4 rings (SSSR count). The zero-order valence-electron chi connectivity index (χ0n) is 14.7. The molecule has 2 aromatic heterocycles. The first-order valence-corrected chi connectivity index (χ1v) is 9.03. The molecule has 6 heteroatoms. The second kappa shape index (κ2) is 7.76. The highest BCUT2D eigenvalue weighted by Gasteiger charge is 2.14. The van der Waals surface area contributed by atoms with Crippen molar-refractivity contribution >= 4 is 10.9 Å². The normalized spacial score (nSPS) is 15.4. The molecule has 0 N–H and O–H groups in total. The quantitative estimate of drug-likeness (QED) is 0.706. The van der Waals surface area contributed by atoms with Crippen molar-refractivity contribution in [3.05, 3.63) is 59.1 Å². The summed E-state index contributed by atoms with van der Waals surface area (Å²) in [4.78, 5) is 24.3. The molecule has 1 aliphatic rings. The molecule has 1 aromatic carbocycles. The zero-order valence-corrected chi connectivity index (χ0v) is 14.7. The Balaban J connectivity index is 1.66. The number of hydrogen-bond donors (Lipinski definition) is 0. The molecule has 134 valence electrons. The lowest BCUT2D eigenvalue weighted by Gasteiger charge is -2.26. The van der Waals surface area contributed by atoms with Crippen LogP contribution in [0.1, 0.15) is 6.42 Å². The molecular weight excluding hydrogens is 328 g/mol. The van der Waals surface area contributed by atoms with Gasteiger partial charge in [0.15, 0.2) is 0 Å².